The topological polar surface area (TPSA) is 145 Å². The highest BCUT2D eigenvalue weighted by Gasteiger charge is 2.52. The molecule has 1 amide bonds. The van der Waals surface area contributed by atoms with Crippen molar-refractivity contribution in [3.63, 3.8) is 0 Å². The van der Waals surface area contributed by atoms with Gasteiger partial charge < -0.3 is 30.0 Å². The minimum Gasteiger partial charge on any atom is -0.445 e. The molecular formula is C40H41F2N7O4. The van der Waals surface area contributed by atoms with Crippen molar-refractivity contribution >= 4 is 34.2 Å². The van der Waals surface area contributed by atoms with E-state index in [4.69, 9.17) is 24.9 Å². The predicted octanol–water partition coefficient (Wildman–Crippen LogP) is 6.64. The number of aromatic nitrogens is 3. The Labute approximate surface area is 305 Å². The zero-order valence-electron chi connectivity index (χ0n) is 29.1. The fourth-order valence-electron chi connectivity index (χ4n) is 7.21. The number of hydrogen-bond acceptors (Lipinski definition) is 9. The molecule has 1 aliphatic carbocycles. The highest BCUT2D eigenvalue weighted by Crippen LogP contribution is 2.51. The minimum absolute atomic E-state index is 0.0270. The average molecular weight is 722 g/mol. The summed E-state index contributed by atoms with van der Waals surface area (Å²) < 4.78 is 37.8. The van der Waals surface area contributed by atoms with Crippen molar-refractivity contribution in [2.45, 2.75) is 38.5 Å². The molecule has 5 aromatic rings. The summed E-state index contributed by atoms with van der Waals surface area (Å²) in [5.41, 5.74) is 1.10. The lowest BCUT2D eigenvalue weighted by Gasteiger charge is -2.29. The molecule has 0 radical (unpaired) electrons. The quantitative estimate of drug-likeness (QED) is 0.124. The van der Waals surface area contributed by atoms with E-state index < -0.39 is 17.5 Å². The van der Waals surface area contributed by atoms with Crippen LogP contribution in [-0.4, -0.2) is 59.2 Å². The second kappa shape index (κ2) is 16.3. The molecule has 1 saturated carbocycles. The van der Waals surface area contributed by atoms with E-state index in [1.165, 1.54) is 30.5 Å². The summed E-state index contributed by atoms with van der Waals surface area (Å²) in [5.74, 6) is 1.60. The number of fused-ring (bicyclic) bond motifs is 2. The minimum atomic E-state index is -0.648. The van der Waals surface area contributed by atoms with Gasteiger partial charge in [0.1, 0.15) is 36.0 Å². The molecule has 4 atom stereocenters. The number of nitrogens with one attached hydrogen (secondary N) is 4. The maximum absolute atomic E-state index is 14.6. The van der Waals surface area contributed by atoms with Crippen LogP contribution in [0.1, 0.15) is 42.5 Å². The molecule has 2 aliphatic heterocycles. The Morgan fingerprint density at radius 1 is 1.00 bits per heavy atom. The van der Waals surface area contributed by atoms with Crippen molar-refractivity contribution in [1.82, 2.24) is 20.3 Å². The van der Waals surface area contributed by atoms with E-state index in [0.717, 1.165) is 44.3 Å². The number of amides is 1. The third-order valence-electron chi connectivity index (χ3n) is 10.1. The van der Waals surface area contributed by atoms with Crippen molar-refractivity contribution in [3.8, 4) is 0 Å². The number of H-pyrrole nitrogens is 1. The molecule has 2 saturated heterocycles. The van der Waals surface area contributed by atoms with Gasteiger partial charge in [0.25, 0.3) is 5.56 Å². The largest absolute Gasteiger partial charge is 0.445 e. The maximum atomic E-state index is 14.6. The number of anilines is 2. The lowest BCUT2D eigenvalue weighted by molar-refractivity contribution is 0.0341. The first-order valence-electron chi connectivity index (χ1n) is 17.9. The van der Waals surface area contributed by atoms with E-state index in [1.54, 1.807) is 30.5 Å². The van der Waals surface area contributed by atoms with Gasteiger partial charge in [0, 0.05) is 43.4 Å². The first-order chi connectivity index (χ1) is 25.9. The molecule has 0 spiro atoms. The highest BCUT2D eigenvalue weighted by molar-refractivity contribution is 6.18. The van der Waals surface area contributed by atoms with Crippen molar-refractivity contribution < 1.29 is 23.0 Å². The average Bonchev–Trinajstić information content (AvgIpc) is 3.89. The van der Waals surface area contributed by atoms with Crippen molar-refractivity contribution in [1.29, 1.82) is 5.41 Å². The molecule has 8 rings (SSSR count). The Morgan fingerprint density at radius 3 is 2.53 bits per heavy atom. The molecule has 3 aliphatic rings. The zero-order valence-corrected chi connectivity index (χ0v) is 29.1. The molecule has 0 bridgehead atoms. The fourth-order valence-corrected chi connectivity index (χ4v) is 7.21. The van der Waals surface area contributed by atoms with Gasteiger partial charge in [0.05, 0.1) is 17.3 Å². The summed E-state index contributed by atoms with van der Waals surface area (Å²) in [7, 11) is 0. The number of hydrogen-bond donors (Lipinski definition) is 4. The molecule has 274 valence electrons. The number of rotatable bonds is 9. The van der Waals surface area contributed by atoms with Gasteiger partial charge in [-0.05, 0) is 79.3 Å². The number of benzene rings is 3. The van der Waals surface area contributed by atoms with Gasteiger partial charge in [-0.2, -0.15) is 0 Å². The Bertz CT molecular complexity index is 2110. The van der Waals surface area contributed by atoms with Crippen LogP contribution in [0, 0.1) is 34.8 Å². The van der Waals surface area contributed by atoms with E-state index in [0.29, 0.717) is 59.2 Å². The van der Waals surface area contributed by atoms with E-state index in [1.807, 2.05) is 30.3 Å². The van der Waals surface area contributed by atoms with Crippen molar-refractivity contribution in [2.75, 3.05) is 36.5 Å². The Morgan fingerprint density at radius 2 is 1.79 bits per heavy atom. The normalized spacial score (nSPS) is 20.4. The van der Waals surface area contributed by atoms with Crippen molar-refractivity contribution in [3.05, 3.63) is 130 Å². The van der Waals surface area contributed by atoms with Gasteiger partial charge in [0.2, 0.25) is 0 Å². The summed E-state index contributed by atoms with van der Waals surface area (Å²) >= 11 is 0. The van der Waals surface area contributed by atoms with E-state index >= 15 is 0 Å². The van der Waals surface area contributed by atoms with Crippen LogP contribution in [0.5, 0.6) is 0 Å². The number of pyridine rings is 1. The van der Waals surface area contributed by atoms with Gasteiger partial charge in [-0.15, -0.1) is 0 Å². The Hall–Kier alpha value is -5.69. The molecule has 3 aromatic carbocycles. The molecule has 4 heterocycles. The van der Waals surface area contributed by atoms with E-state index in [9.17, 15) is 18.4 Å². The lowest BCUT2D eigenvalue weighted by atomic mass is 9.99. The number of aromatic amines is 1. The number of ether oxygens (including phenoxy) is 2. The molecule has 11 nitrogen and oxygen atoms in total. The molecule has 4 N–H and O–H groups in total. The highest BCUT2D eigenvalue weighted by atomic mass is 19.1. The van der Waals surface area contributed by atoms with Crippen LogP contribution >= 0.6 is 0 Å². The van der Waals surface area contributed by atoms with Crippen LogP contribution in [-0.2, 0) is 16.1 Å². The van der Waals surface area contributed by atoms with Gasteiger partial charge >= 0.3 is 6.09 Å². The van der Waals surface area contributed by atoms with E-state index in [-0.39, 0.29) is 29.7 Å². The predicted molar refractivity (Wildman–Crippen MR) is 198 cm³/mol. The van der Waals surface area contributed by atoms with E-state index in [2.05, 4.69) is 20.5 Å². The molecule has 2 unspecified atom stereocenters. The summed E-state index contributed by atoms with van der Waals surface area (Å²) in [5, 5.41) is 15.7. The zero-order chi connectivity index (χ0) is 36.7. The molecular weight excluding hydrogens is 680 g/mol. The maximum Gasteiger partial charge on any atom is 0.407 e. The van der Waals surface area contributed by atoms with Crippen LogP contribution < -0.4 is 21.1 Å². The number of piperidine rings is 1. The summed E-state index contributed by atoms with van der Waals surface area (Å²) in [6.07, 6.45) is 6.20. The Kier molecular flexibility index (Phi) is 11.0. The Balaban J connectivity index is 0.000000559. The third-order valence-corrected chi connectivity index (χ3v) is 10.1. The van der Waals surface area contributed by atoms with Gasteiger partial charge in [-0.25, -0.2) is 23.5 Å². The van der Waals surface area contributed by atoms with Gasteiger partial charge in [-0.3, -0.25) is 10.2 Å². The second-order valence-electron chi connectivity index (χ2n) is 13.5. The molecule has 13 heteroatoms. The third kappa shape index (κ3) is 8.52. The number of carbonyl (C=O) groups excluding carboxylic acids is 1. The van der Waals surface area contributed by atoms with Crippen LogP contribution in [0.15, 0.2) is 96.1 Å². The number of alkyl carbamates (subject to hydrolysis) is 1. The number of carbonyl (C=O) groups is 1. The standard InChI is InChI=1S/C34H36FN7O4.C6H5F/c35-26-10-9-23(22-11-13-37-33(43)29(22)26)30(36)31-32(41-28-8-4-5-15-45-28)40-27(17-38-31)42-14-12-21-24(25(21)18-42)16-39-34(44)46-19-20-6-2-1-3-7-20;7-6-4-2-1-3-5-6/h1-3,6-7,9-11,13,17,21,24-25,28,36H,4-5,8,12,14-16,18-19H2,(H,37,43)(H,39,44)(H,40,41);1-5H/t21-,24?,25-,28?;/m0./s1. The number of nitrogens with zero attached hydrogens (tertiary/aromatic N) is 3. The van der Waals surface area contributed by atoms with Crippen LogP contribution in [0.3, 0.4) is 0 Å². The van der Waals surface area contributed by atoms with Crippen LogP contribution in [0.25, 0.3) is 10.8 Å². The first-order valence-corrected chi connectivity index (χ1v) is 17.9. The summed E-state index contributed by atoms with van der Waals surface area (Å²) in [6.45, 7) is 3.02. The smallest absolute Gasteiger partial charge is 0.407 e. The monoisotopic (exact) mass is 721 g/mol. The fraction of sp³-hybridized carbons (Fsp3) is 0.325. The van der Waals surface area contributed by atoms with Crippen LogP contribution in [0.2, 0.25) is 0 Å². The van der Waals surface area contributed by atoms with Gasteiger partial charge in [-0.1, -0.05) is 48.5 Å². The molecule has 2 aromatic heterocycles. The molecule has 3 fully saturated rings. The van der Waals surface area contributed by atoms with Crippen molar-refractivity contribution in [2.24, 2.45) is 17.8 Å². The summed E-state index contributed by atoms with van der Waals surface area (Å²) in [6, 6.07) is 21.8. The number of halogens is 2. The summed E-state index contributed by atoms with van der Waals surface area (Å²) in [4.78, 5) is 39.1. The van der Waals surface area contributed by atoms with Gasteiger partial charge in [0.15, 0.2) is 5.82 Å². The molecule has 53 heavy (non-hydrogen) atoms. The SMILES string of the molecule is Fc1ccccc1.N=C(c1ncc(N2CC[C@H]3C(CNC(=O)OCc4ccccc4)[C@H]3C2)nc1NC1CCCCO1)c1ccc(F)c2c(=O)[nH]ccc12. The lowest BCUT2D eigenvalue weighted by Crippen LogP contribution is -2.33. The first kappa shape index (κ1) is 35.7. The van der Waals surface area contributed by atoms with Crippen LogP contribution in [0.4, 0.5) is 25.2 Å². The second-order valence-corrected chi connectivity index (χ2v) is 13.5.